The topological polar surface area (TPSA) is 8.17 Å². The van der Waals surface area contributed by atoms with Crippen molar-refractivity contribution in [1.82, 2.24) is 4.57 Å². The Kier molecular flexibility index (Phi) is 6.63. The maximum atomic E-state index is 2.53. The molecule has 0 spiro atoms. The van der Waals surface area contributed by atoms with Crippen molar-refractivity contribution in [3.8, 4) is 16.8 Å². The molecule has 0 fully saturated rings. The molecule has 0 aliphatic heterocycles. The number of aromatic nitrogens is 1. The Hall–Kier alpha value is -6.20. The van der Waals surface area contributed by atoms with Gasteiger partial charge in [-0.2, -0.15) is 0 Å². The van der Waals surface area contributed by atoms with Crippen molar-refractivity contribution >= 4 is 102 Å². The lowest BCUT2D eigenvalue weighted by atomic mass is 10.00. The summed E-state index contributed by atoms with van der Waals surface area (Å²) in [4.78, 5) is 2.53. The first kappa shape index (κ1) is 29.5. The predicted molar refractivity (Wildman–Crippen MR) is 227 cm³/mol. The summed E-state index contributed by atoms with van der Waals surface area (Å²) in [5.74, 6) is 0. The van der Waals surface area contributed by atoms with Crippen LogP contribution in [0.15, 0.2) is 182 Å². The summed E-state index contributed by atoms with van der Waals surface area (Å²) in [6.07, 6.45) is 0. The molecule has 0 saturated carbocycles. The second-order valence-corrected chi connectivity index (χ2v) is 15.4. The number of para-hydroxylation sites is 2. The molecule has 3 aromatic heterocycles. The van der Waals surface area contributed by atoms with Crippen molar-refractivity contribution in [3.63, 3.8) is 0 Å². The molecule has 244 valence electrons. The highest BCUT2D eigenvalue weighted by atomic mass is 32.1. The highest BCUT2D eigenvalue weighted by Gasteiger charge is 2.24. The fraction of sp³-hybridized carbons (Fsp3) is 0. The van der Waals surface area contributed by atoms with Crippen molar-refractivity contribution in [2.45, 2.75) is 0 Å². The van der Waals surface area contributed by atoms with Crippen molar-refractivity contribution < 1.29 is 0 Å². The Bertz CT molecular complexity index is 3130. The quantitative estimate of drug-likeness (QED) is 0.174. The number of fused-ring (bicyclic) bond motifs is 9. The molecule has 0 aliphatic carbocycles. The third-order valence-electron chi connectivity index (χ3n) is 10.4. The molecule has 0 bridgehead atoms. The van der Waals surface area contributed by atoms with Crippen LogP contribution in [0.25, 0.3) is 79.0 Å². The molecule has 0 N–H and O–H groups in total. The molecule has 0 saturated heterocycles. The molecule has 4 heteroatoms. The summed E-state index contributed by atoms with van der Waals surface area (Å²) in [6, 6.07) is 66.6. The summed E-state index contributed by atoms with van der Waals surface area (Å²) in [5.41, 5.74) is 9.54. The monoisotopic (exact) mass is 698 g/mol. The highest BCUT2D eigenvalue weighted by molar-refractivity contribution is 7.27. The first-order valence-electron chi connectivity index (χ1n) is 17.6. The van der Waals surface area contributed by atoms with Gasteiger partial charge in [-0.25, -0.2) is 0 Å². The molecule has 0 radical (unpaired) electrons. The van der Waals surface area contributed by atoms with Crippen LogP contribution in [0.4, 0.5) is 17.1 Å². The molecule has 0 aliphatic rings. The molecule has 8 aromatic carbocycles. The minimum atomic E-state index is 1.13. The number of thiophene rings is 2. The average molecular weight is 699 g/mol. The van der Waals surface area contributed by atoms with E-state index >= 15 is 0 Å². The van der Waals surface area contributed by atoms with Crippen molar-refractivity contribution in [1.29, 1.82) is 0 Å². The standard InChI is InChI=1S/C48H30N2S2/c1-3-14-31(15-4-1)34-28-29-41(46-39-20-9-12-25-45(39)52-48(34)46)50(42-23-13-21-38-37-19-8-11-24-44(37)51-47(38)42)33-26-27-36-35-18-7-10-22-40(35)49(43(36)30-33)32-16-5-2-6-17-32/h1-30H. The van der Waals surface area contributed by atoms with Gasteiger partial charge in [-0.05, 0) is 65.7 Å². The molecule has 11 rings (SSSR count). The summed E-state index contributed by atoms with van der Waals surface area (Å²) < 4.78 is 7.60. The Morgan fingerprint density at radius 3 is 1.87 bits per heavy atom. The van der Waals surface area contributed by atoms with E-state index in [2.05, 4.69) is 191 Å². The lowest BCUT2D eigenvalue weighted by Gasteiger charge is -2.28. The van der Waals surface area contributed by atoms with Gasteiger partial charge in [0, 0.05) is 57.8 Å². The zero-order valence-electron chi connectivity index (χ0n) is 28.0. The van der Waals surface area contributed by atoms with Gasteiger partial charge in [0.25, 0.3) is 0 Å². The summed E-state index contributed by atoms with van der Waals surface area (Å²) in [7, 11) is 0. The number of rotatable bonds is 5. The van der Waals surface area contributed by atoms with Crippen molar-refractivity contribution in [3.05, 3.63) is 182 Å². The molecule has 11 aromatic rings. The van der Waals surface area contributed by atoms with Gasteiger partial charge in [-0.1, -0.05) is 127 Å². The van der Waals surface area contributed by atoms with E-state index in [1.54, 1.807) is 0 Å². The van der Waals surface area contributed by atoms with Gasteiger partial charge in [0.15, 0.2) is 0 Å². The van der Waals surface area contributed by atoms with Gasteiger partial charge < -0.3 is 9.47 Å². The van der Waals surface area contributed by atoms with E-state index in [1.807, 2.05) is 22.7 Å². The third-order valence-corrected chi connectivity index (χ3v) is 12.8. The molecular formula is C48H30N2S2. The molecule has 0 amide bonds. The average Bonchev–Trinajstić information content (AvgIpc) is 3.89. The number of nitrogens with zero attached hydrogens (tertiary/aromatic N) is 2. The highest BCUT2D eigenvalue weighted by Crippen LogP contribution is 2.51. The van der Waals surface area contributed by atoms with E-state index in [-0.39, 0.29) is 0 Å². The summed E-state index contributed by atoms with van der Waals surface area (Å²) in [5, 5.41) is 7.65. The van der Waals surface area contributed by atoms with Gasteiger partial charge >= 0.3 is 0 Å². The van der Waals surface area contributed by atoms with E-state index in [9.17, 15) is 0 Å². The Morgan fingerprint density at radius 2 is 1.04 bits per heavy atom. The number of benzene rings is 8. The normalized spacial score (nSPS) is 11.8. The van der Waals surface area contributed by atoms with Gasteiger partial charge in [-0.15, -0.1) is 22.7 Å². The smallest absolute Gasteiger partial charge is 0.0640 e. The van der Waals surface area contributed by atoms with Crippen molar-refractivity contribution in [2.24, 2.45) is 0 Å². The minimum Gasteiger partial charge on any atom is -0.309 e. The predicted octanol–water partition coefficient (Wildman–Crippen LogP) is 14.7. The Labute approximate surface area is 308 Å². The summed E-state index contributed by atoms with van der Waals surface area (Å²) in [6.45, 7) is 0. The molecule has 2 nitrogen and oxygen atoms in total. The fourth-order valence-electron chi connectivity index (χ4n) is 8.11. The summed E-state index contributed by atoms with van der Waals surface area (Å²) >= 11 is 3.77. The molecule has 0 atom stereocenters. The second-order valence-electron chi connectivity index (χ2n) is 13.3. The van der Waals surface area contributed by atoms with Crippen LogP contribution in [0.3, 0.4) is 0 Å². The van der Waals surface area contributed by atoms with E-state index in [4.69, 9.17) is 0 Å². The lowest BCUT2D eigenvalue weighted by molar-refractivity contribution is 1.18. The molecule has 3 heterocycles. The number of hydrogen-bond donors (Lipinski definition) is 0. The van der Waals surface area contributed by atoms with E-state index in [0.717, 1.165) is 11.4 Å². The lowest BCUT2D eigenvalue weighted by Crippen LogP contribution is -2.11. The first-order valence-corrected chi connectivity index (χ1v) is 19.2. The minimum absolute atomic E-state index is 1.13. The maximum Gasteiger partial charge on any atom is 0.0640 e. The largest absolute Gasteiger partial charge is 0.309 e. The molecular weight excluding hydrogens is 669 g/mol. The van der Waals surface area contributed by atoms with Crippen molar-refractivity contribution in [2.75, 3.05) is 4.90 Å². The van der Waals surface area contributed by atoms with Crippen LogP contribution in [-0.4, -0.2) is 4.57 Å². The zero-order valence-corrected chi connectivity index (χ0v) is 29.7. The van der Waals surface area contributed by atoms with Gasteiger partial charge in [0.2, 0.25) is 0 Å². The van der Waals surface area contributed by atoms with Crippen LogP contribution >= 0.6 is 22.7 Å². The van der Waals surface area contributed by atoms with Crippen LogP contribution in [-0.2, 0) is 0 Å². The molecule has 0 unspecified atom stereocenters. The van der Waals surface area contributed by atoms with Gasteiger partial charge in [0.05, 0.1) is 27.1 Å². The number of anilines is 3. The van der Waals surface area contributed by atoms with Gasteiger partial charge in [0.1, 0.15) is 0 Å². The maximum absolute atomic E-state index is 2.53. The second kappa shape index (κ2) is 11.7. The third kappa shape index (κ3) is 4.42. The SMILES string of the molecule is c1ccc(-c2ccc(N(c3ccc4c5ccccc5n(-c5ccccc5)c4c3)c3cccc4c3sc3ccccc34)c3c2sc2ccccc23)cc1. The Morgan fingerprint density at radius 1 is 0.404 bits per heavy atom. The van der Waals surface area contributed by atoms with E-state index in [0.29, 0.717) is 0 Å². The number of hydrogen-bond acceptors (Lipinski definition) is 3. The van der Waals surface area contributed by atoms with Crippen LogP contribution in [0.1, 0.15) is 0 Å². The van der Waals surface area contributed by atoms with Crippen LogP contribution in [0.2, 0.25) is 0 Å². The van der Waals surface area contributed by atoms with Crippen LogP contribution in [0.5, 0.6) is 0 Å². The van der Waals surface area contributed by atoms with Crippen LogP contribution < -0.4 is 4.90 Å². The van der Waals surface area contributed by atoms with Crippen LogP contribution in [0, 0.1) is 0 Å². The van der Waals surface area contributed by atoms with Gasteiger partial charge in [-0.3, -0.25) is 0 Å². The first-order chi connectivity index (χ1) is 25.8. The van der Waals surface area contributed by atoms with E-state index in [1.165, 1.54) is 84.7 Å². The fourth-order valence-corrected chi connectivity index (χ4v) is 10.6. The van der Waals surface area contributed by atoms with E-state index < -0.39 is 0 Å². The Balaban J connectivity index is 1.27. The molecule has 52 heavy (non-hydrogen) atoms. The zero-order chi connectivity index (χ0) is 34.2.